The SMILES string of the molecule is O=C(CCF)c1cc(F)c(OCc2ccccc2)cc1Br. The van der Waals surface area contributed by atoms with E-state index < -0.39 is 18.3 Å². The molecule has 0 aromatic heterocycles. The summed E-state index contributed by atoms with van der Waals surface area (Å²) in [5, 5.41) is 0. The van der Waals surface area contributed by atoms with Gasteiger partial charge in [0.05, 0.1) is 6.67 Å². The highest BCUT2D eigenvalue weighted by Crippen LogP contribution is 2.28. The molecule has 0 atom stereocenters. The number of halogens is 3. The van der Waals surface area contributed by atoms with Crippen LogP contribution in [-0.2, 0) is 6.61 Å². The Morgan fingerprint density at radius 2 is 1.90 bits per heavy atom. The average molecular weight is 355 g/mol. The van der Waals surface area contributed by atoms with Crippen LogP contribution in [0.15, 0.2) is 46.9 Å². The second-order valence-electron chi connectivity index (χ2n) is 4.40. The van der Waals surface area contributed by atoms with Crippen LogP contribution in [0.2, 0.25) is 0 Å². The molecule has 21 heavy (non-hydrogen) atoms. The fourth-order valence-electron chi connectivity index (χ4n) is 1.81. The largest absolute Gasteiger partial charge is 0.486 e. The van der Waals surface area contributed by atoms with E-state index in [0.29, 0.717) is 4.47 Å². The number of hydrogen-bond donors (Lipinski definition) is 0. The van der Waals surface area contributed by atoms with Crippen LogP contribution in [0.3, 0.4) is 0 Å². The van der Waals surface area contributed by atoms with E-state index >= 15 is 0 Å². The molecule has 0 N–H and O–H groups in total. The number of rotatable bonds is 6. The summed E-state index contributed by atoms with van der Waals surface area (Å²) in [6.07, 6.45) is -0.262. The van der Waals surface area contributed by atoms with Gasteiger partial charge in [0.25, 0.3) is 0 Å². The van der Waals surface area contributed by atoms with Gasteiger partial charge in [-0.25, -0.2) is 4.39 Å². The van der Waals surface area contributed by atoms with Crippen LogP contribution in [-0.4, -0.2) is 12.5 Å². The first-order chi connectivity index (χ1) is 10.1. The molecule has 5 heteroatoms. The van der Waals surface area contributed by atoms with Gasteiger partial charge in [-0.15, -0.1) is 0 Å². The van der Waals surface area contributed by atoms with E-state index in [2.05, 4.69) is 15.9 Å². The summed E-state index contributed by atoms with van der Waals surface area (Å²) >= 11 is 3.19. The topological polar surface area (TPSA) is 26.3 Å². The molecule has 0 saturated heterocycles. The lowest BCUT2D eigenvalue weighted by molar-refractivity contribution is 0.0972. The number of alkyl halides is 1. The Labute approximate surface area is 129 Å². The van der Waals surface area contributed by atoms with Crippen molar-refractivity contribution < 1.29 is 18.3 Å². The number of ether oxygens (including phenoxy) is 1. The van der Waals surface area contributed by atoms with E-state index in [0.717, 1.165) is 11.6 Å². The van der Waals surface area contributed by atoms with Gasteiger partial charge in [-0.3, -0.25) is 9.18 Å². The highest BCUT2D eigenvalue weighted by Gasteiger charge is 2.15. The third-order valence-electron chi connectivity index (χ3n) is 2.88. The number of hydrogen-bond acceptors (Lipinski definition) is 2. The number of carbonyl (C=O) groups excluding carboxylic acids is 1. The Bertz CT molecular complexity index is 630. The van der Waals surface area contributed by atoms with Gasteiger partial charge in [-0.05, 0) is 33.6 Å². The summed E-state index contributed by atoms with van der Waals surface area (Å²) in [5.41, 5.74) is 1.03. The first kappa shape index (κ1) is 15.6. The quantitative estimate of drug-likeness (QED) is 0.702. The van der Waals surface area contributed by atoms with Crippen LogP contribution >= 0.6 is 15.9 Å². The Morgan fingerprint density at radius 3 is 2.57 bits per heavy atom. The predicted octanol–water partition coefficient (Wildman–Crippen LogP) is 4.71. The maximum absolute atomic E-state index is 13.9. The molecule has 2 rings (SSSR count). The standard InChI is InChI=1S/C16H13BrF2O2/c17-13-9-16(21-10-11-4-2-1-3-5-11)14(19)8-12(13)15(20)6-7-18/h1-5,8-9H,6-7,10H2. The van der Waals surface area contributed by atoms with Crippen molar-refractivity contribution >= 4 is 21.7 Å². The van der Waals surface area contributed by atoms with Gasteiger partial charge in [-0.1, -0.05) is 30.3 Å². The molecule has 0 aliphatic rings. The van der Waals surface area contributed by atoms with Crippen molar-refractivity contribution in [3.05, 3.63) is 63.9 Å². The lowest BCUT2D eigenvalue weighted by Gasteiger charge is -2.10. The number of benzene rings is 2. The lowest BCUT2D eigenvalue weighted by atomic mass is 10.1. The van der Waals surface area contributed by atoms with Crippen molar-refractivity contribution in [3.8, 4) is 5.75 Å². The molecule has 0 fully saturated rings. The maximum Gasteiger partial charge on any atom is 0.166 e. The summed E-state index contributed by atoms with van der Waals surface area (Å²) in [5.74, 6) is -1.04. The van der Waals surface area contributed by atoms with E-state index in [-0.39, 0.29) is 24.3 Å². The van der Waals surface area contributed by atoms with Crippen molar-refractivity contribution in [2.45, 2.75) is 13.0 Å². The molecule has 2 aromatic carbocycles. The zero-order valence-corrected chi connectivity index (χ0v) is 12.7. The summed E-state index contributed by atoms with van der Waals surface area (Å²) in [6.45, 7) is -0.541. The van der Waals surface area contributed by atoms with E-state index in [1.165, 1.54) is 6.07 Å². The highest BCUT2D eigenvalue weighted by atomic mass is 79.9. The minimum atomic E-state index is -0.765. The van der Waals surface area contributed by atoms with Crippen LogP contribution in [0, 0.1) is 5.82 Å². The molecule has 0 radical (unpaired) electrons. The highest BCUT2D eigenvalue weighted by molar-refractivity contribution is 9.10. The van der Waals surface area contributed by atoms with Crippen LogP contribution < -0.4 is 4.74 Å². The van der Waals surface area contributed by atoms with Crippen molar-refractivity contribution in [1.29, 1.82) is 0 Å². The van der Waals surface area contributed by atoms with Gasteiger partial charge < -0.3 is 4.74 Å². The second-order valence-corrected chi connectivity index (χ2v) is 5.25. The van der Waals surface area contributed by atoms with Crippen LogP contribution in [0.5, 0.6) is 5.75 Å². The van der Waals surface area contributed by atoms with Gasteiger partial charge in [0.1, 0.15) is 6.61 Å². The molecule has 0 saturated carbocycles. The first-order valence-corrected chi connectivity index (χ1v) is 7.16. The van der Waals surface area contributed by atoms with Gasteiger partial charge in [-0.2, -0.15) is 0 Å². The predicted molar refractivity (Wildman–Crippen MR) is 79.8 cm³/mol. The average Bonchev–Trinajstić information content (AvgIpc) is 2.49. The lowest BCUT2D eigenvalue weighted by Crippen LogP contribution is -2.04. The van der Waals surface area contributed by atoms with Crippen molar-refractivity contribution in [2.75, 3.05) is 6.67 Å². The molecule has 2 nitrogen and oxygen atoms in total. The van der Waals surface area contributed by atoms with Crippen LogP contribution in [0.4, 0.5) is 8.78 Å². The van der Waals surface area contributed by atoms with E-state index in [1.807, 2.05) is 30.3 Å². The minimum Gasteiger partial charge on any atom is -0.486 e. The zero-order valence-electron chi connectivity index (χ0n) is 11.1. The van der Waals surface area contributed by atoms with Gasteiger partial charge in [0.2, 0.25) is 0 Å². The molecule has 0 aliphatic heterocycles. The third kappa shape index (κ3) is 4.11. The smallest absolute Gasteiger partial charge is 0.166 e. The molecule has 0 spiro atoms. The fraction of sp³-hybridized carbons (Fsp3) is 0.188. The number of carbonyl (C=O) groups is 1. The summed E-state index contributed by atoms with van der Waals surface area (Å²) in [6, 6.07) is 11.8. The molecular formula is C16H13BrF2O2. The Morgan fingerprint density at radius 1 is 1.19 bits per heavy atom. The molecule has 0 amide bonds. The first-order valence-electron chi connectivity index (χ1n) is 6.36. The normalized spacial score (nSPS) is 10.4. The van der Waals surface area contributed by atoms with Crippen molar-refractivity contribution in [3.63, 3.8) is 0 Å². The summed E-state index contributed by atoms with van der Waals surface area (Å²) in [4.78, 5) is 11.6. The molecule has 2 aromatic rings. The van der Waals surface area contributed by atoms with Gasteiger partial charge >= 0.3 is 0 Å². The van der Waals surface area contributed by atoms with Gasteiger partial charge in [0.15, 0.2) is 17.3 Å². The molecule has 0 aliphatic carbocycles. The van der Waals surface area contributed by atoms with E-state index in [1.54, 1.807) is 0 Å². The molecule has 0 bridgehead atoms. The fourth-order valence-corrected chi connectivity index (χ4v) is 2.35. The third-order valence-corrected chi connectivity index (χ3v) is 3.54. The Kier molecular flexibility index (Phi) is 5.44. The molecule has 110 valence electrons. The van der Waals surface area contributed by atoms with Gasteiger partial charge in [0, 0.05) is 16.5 Å². The molecule has 0 unspecified atom stereocenters. The minimum absolute atomic E-state index is 0.0440. The number of Topliss-reactive ketones (excluding diaryl/α,β-unsaturated/α-hetero) is 1. The molecular weight excluding hydrogens is 342 g/mol. The van der Waals surface area contributed by atoms with Crippen LogP contribution in [0.25, 0.3) is 0 Å². The summed E-state index contributed by atoms with van der Waals surface area (Å²) in [7, 11) is 0. The summed E-state index contributed by atoms with van der Waals surface area (Å²) < 4.78 is 31.9. The van der Waals surface area contributed by atoms with Crippen LogP contribution in [0.1, 0.15) is 22.3 Å². The van der Waals surface area contributed by atoms with Crippen molar-refractivity contribution in [1.82, 2.24) is 0 Å². The van der Waals surface area contributed by atoms with Crippen molar-refractivity contribution in [2.24, 2.45) is 0 Å². The Hall–Kier alpha value is -1.75. The second kappa shape index (κ2) is 7.31. The van der Waals surface area contributed by atoms with E-state index in [4.69, 9.17) is 4.74 Å². The maximum atomic E-state index is 13.9. The number of ketones is 1. The Balaban J connectivity index is 2.14. The molecule has 0 heterocycles. The monoisotopic (exact) mass is 354 g/mol. The van der Waals surface area contributed by atoms with E-state index in [9.17, 15) is 13.6 Å². The zero-order chi connectivity index (χ0) is 15.2.